The van der Waals surface area contributed by atoms with Gasteiger partial charge in [0.1, 0.15) is 17.2 Å². The normalized spacial score (nSPS) is 18.8. The number of thioether (sulfide) groups is 1. The lowest BCUT2D eigenvalue weighted by Gasteiger charge is -2.36. The summed E-state index contributed by atoms with van der Waals surface area (Å²) in [5, 5.41) is 7.12. The predicted molar refractivity (Wildman–Crippen MR) is 124 cm³/mol. The third kappa shape index (κ3) is 5.40. The quantitative estimate of drug-likeness (QED) is 0.504. The summed E-state index contributed by atoms with van der Waals surface area (Å²) >= 11 is 1.47. The molecule has 2 heterocycles. The topological polar surface area (TPSA) is 88.6 Å². The molecule has 2 aromatic rings. The van der Waals surface area contributed by atoms with Crippen LogP contribution >= 0.6 is 11.8 Å². The summed E-state index contributed by atoms with van der Waals surface area (Å²) < 4.78 is 20.4. The molecule has 1 aliphatic rings. The number of carbonyl (C=O) groups is 1. The average Bonchev–Trinajstić information content (AvgIpc) is 2.76. The minimum absolute atomic E-state index is 0.319. The van der Waals surface area contributed by atoms with Crippen LogP contribution in [-0.2, 0) is 11.3 Å². The second-order valence-corrected chi connectivity index (χ2v) is 8.82. The molecule has 9 heteroatoms. The number of anilines is 2. The fourth-order valence-corrected chi connectivity index (χ4v) is 3.74. The Morgan fingerprint density at radius 3 is 2.84 bits per heavy atom. The first kappa shape index (κ1) is 21.7. The second kappa shape index (κ2) is 9.74. The molecule has 0 fully saturated rings. The molecule has 0 saturated heterocycles. The number of ether oxygens (including phenoxy) is 2. The number of aromatic nitrogens is 2. The van der Waals surface area contributed by atoms with Gasteiger partial charge in [0, 0.05) is 37.9 Å². The number of carbonyl (C=O) groups excluding carboxylic acids is 1. The van der Waals surface area contributed by atoms with Crippen molar-refractivity contribution in [1.29, 1.82) is 0 Å². The molecule has 0 radical (unpaired) electrons. The molecule has 1 atom stereocenters. The van der Waals surface area contributed by atoms with Crippen molar-refractivity contribution in [3.05, 3.63) is 35.5 Å². The molecule has 0 saturated carbocycles. The Morgan fingerprint density at radius 1 is 1.42 bits per heavy atom. The van der Waals surface area contributed by atoms with Crippen LogP contribution in [0.3, 0.4) is 0 Å². The van der Waals surface area contributed by atoms with Gasteiger partial charge in [-0.25, -0.2) is 14.8 Å². The summed E-state index contributed by atoms with van der Waals surface area (Å²) in [5.74, 6) is 1.24. The monoisotopic (exact) mass is 446 g/mol. The molecule has 8 nitrogen and oxygen atoms in total. The maximum atomic E-state index is 12.9. The fraction of sp³-hybridized carbons (Fsp3) is 0.500. The van der Waals surface area contributed by atoms with Gasteiger partial charge < -0.3 is 20.1 Å². The molecular formula is C22H31N5O3S. The van der Waals surface area contributed by atoms with Crippen LogP contribution in [0.1, 0.15) is 45.7 Å². The van der Waals surface area contributed by atoms with E-state index in [-0.39, 0.29) is 0 Å². The Morgan fingerprint density at radius 2 is 2.19 bits per heavy atom. The molecule has 1 amide bonds. The minimum atomic E-state index is -1.13. The van der Waals surface area contributed by atoms with Crippen LogP contribution in [0.15, 0.2) is 29.6 Å². The first-order valence-electron chi connectivity index (χ1n) is 10.6. The first-order chi connectivity index (χ1) is 15.1. The Bertz CT molecular complexity index is 985. The van der Waals surface area contributed by atoms with Crippen molar-refractivity contribution >= 4 is 29.4 Å². The van der Waals surface area contributed by atoms with Crippen molar-refractivity contribution in [2.24, 2.45) is 0 Å². The Kier molecular flexibility index (Phi) is 6.82. The number of nitrogens with one attached hydrogen (secondary N) is 2. The Labute approximate surface area is 189 Å². The van der Waals surface area contributed by atoms with Gasteiger partial charge >= 0.3 is 6.09 Å². The second-order valence-electron chi connectivity index (χ2n) is 8.05. The Balaban J connectivity index is 1.93. The molecule has 1 aromatic heterocycles. The number of methoxy groups -OCH3 is 1. The third-order valence-corrected chi connectivity index (χ3v) is 5.33. The van der Waals surface area contributed by atoms with Gasteiger partial charge in [0.05, 0.1) is 14.2 Å². The van der Waals surface area contributed by atoms with Crippen LogP contribution in [0, 0.1) is 0 Å². The van der Waals surface area contributed by atoms with E-state index in [2.05, 4.69) is 20.6 Å². The number of benzene rings is 1. The summed E-state index contributed by atoms with van der Waals surface area (Å²) in [7, 11) is 3.37. The lowest BCUT2D eigenvalue weighted by molar-refractivity contribution is 0.0575. The number of rotatable bonds is 6. The van der Waals surface area contributed by atoms with E-state index in [0.717, 1.165) is 11.4 Å². The maximum Gasteiger partial charge on any atom is 0.414 e. The van der Waals surface area contributed by atoms with E-state index >= 15 is 0 Å². The summed E-state index contributed by atoms with van der Waals surface area (Å²) in [6.45, 7) is 6.20. The number of hydrogen-bond donors (Lipinski definition) is 2. The van der Waals surface area contributed by atoms with E-state index in [0.29, 0.717) is 41.7 Å². The van der Waals surface area contributed by atoms with Crippen molar-refractivity contribution < 1.29 is 15.6 Å². The molecule has 0 bridgehead atoms. The molecule has 168 valence electrons. The van der Waals surface area contributed by atoms with Crippen LogP contribution in [0.2, 0.25) is 0 Å². The van der Waals surface area contributed by atoms with Crippen LogP contribution in [0.4, 0.5) is 16.3 Å². The zero-order valence-electron chi connectivity index (χ0n) is 19.9. The number of para-hydroxylation sites is 1. The molecule has 31 heavy (non-hydrogen) atoms. The lowest BCUT2D eigenvalue weighted by atomic mass is 9.95. The standard InChI is InChI=1S/C22H31N5O3S/c1-22(2,3)30-21(28)27-11-10-16(15-8-7-9-17(29-5)18(15)27)24-12-14-13-25-20(31-6)26-19(14)23-4/h7-9,13,16,24H,10-12H2,1-6H3,(H,23,25,26)/i16D. The first-order valence-corrected chi connectivity index (χ1v) is 11.3. The Hall–Kier alpha value is -2.52. The average molecular weight is 447 g/mol. The molecule has 1 unspecified atom stereocenters. The van der Waals surface area contributed by atoms with E-state index in [1.807, 2.05) is 46.2 Å². The largest absolute Gasteiger partial charge is 0.495 e. The van der Waals surface area contributed by atoms with Crippen LogP contribution < -0.4 is 20.3 Å². The van der Waals surface area contributed by atoms with Gasteiger partial charge in [-0.3, -0.25) is 4.90 Å². The number of nitrogens with zero attached hydrogens (tertiary/aromatic N) is 3. The molecule has 0 aliphatic carbocycles. The van der Waals surface area contributed by atoms with Crippen molar-refractivity contribution in [3.8, 4) is 5.75 Å². The lowest BCUT2D eigenvalue weighted by Crippen LogP contribution is -2.42. The van der Waals surface area contributed by atoms with Gasteiger partial charge in [0.25, 0.3) is 0 Å². The molecule has 1 aromatic carbocycles. The third-order valence-electron chi connectivity index (χ3n) is 4.77. The minimum Gasteiger partial charge on any atom is -0.495 e. The van der Waals surface area contributed by atoms with Gasteiger partial charge in [0.2, 0.25) is 0 Å². The molecule has 0 spiro atoms. The van der Waals surface area contributed by atoms with E-state index in [1.54, 1.807) is 24.3 Å². The number of hydrogen-bond acceptors (Lipinski definition) is 8. The summed E-state index contributed by atoms with van der Waals surface area (Å²) in [5.41, 5.74) is 1.44. The van der Waals surface area contributed by atoms with Gasteiger partial charge in [-0.2, -0.15) is 0 Å². The SMILES string of the molecule is [2H]C1(NCc2cnc(SC)nc2NC)CCN(C(=O)OC(C)(C)C)c2c(OC)cccc21. The van der Waals surface area contributed by atoms with Crippen molar-refractivity contribution in [2.45, 2.75) is 50.5 Å². The highest BCUT2D eigenvalue weighted by Gasteiger charge is 2.33. The summed E-state index contributed by atoms with van der Waals surface area (Å²) in [4.78, 5) is 23.3. The maximum absolute atomic E-state index is 12.9. The van der Waals surface area contributed by atoms with Gasteiger partial charge in [-0.1, -0.05) is 23.9 Å². The van der Waals surface area contributed by atoms with Crippen LogP contribution in [-0.4, -0.2) is 48.6 Å². The smallest absolute Gasteiger partial charge is 0.414 e. The predicted octanol–water partition coefficient (Wildman–Crippen LogP) is 4.22. The van der Waals surface area contributed by atoms with E-state index in [1.165, 1.54) is 11.8 Å². The van der Waals surface area contributed by atoms with Crippen molar-refractivity contribution in [1.82, 2.24) is 15.3 Å². The highest BCUT2D eigenvalue weighted by Crippen LogP contribution is 2.41. The van der Waals surface area contributed by atoms with Gasteiger partial charge in [-0.05, 0) is 45.1 Å². The molecule has 2 N–H and O–H groups in total. The van der Waals surface area contributed by atoms with E-state index < -0.39 is 17.7 Å². The zero-order valence-corrected chi connectivity index (χ0v) is 19.7. The molecule has 1 aliphatic heterocycles. The van der Waals surface area contributed by atoms with Crippen LogP contribution in [0.5, 0.6) is 5.75 Å². The summed E-state index contributed by atoms with van der Waals surface area (Å²) in [6, 6.07) is 4.33. The highest BCUT2D eigenvalue weighted by molar-refractivity contribution is 7.98. The van der Waals surface area contributed by atoms with Crippen LogP contribution in [0.25, 0.3) is 0 Å². The van der Waals surface area contributed by atoms with E-state index in [4.69, 9.17) is 9.47 Å². The van der Waals surface area contributed by atoms with Gasteiger partial charge in [-0.15, -0.1) is 0 Å². The molecule has 3 rings (SSSR count). The molecular weight excluding hydrogens is 414 g/mol. The highest BCUT2D eigenvalue weighted by atomic mass is 32.2. The van der Waals surface area contributed by atoms with Crippen molar-refractivity contribution in [2.75, 3.05) is 37.2 Å². The number of fused-ring (bicyclic) bond motifs is 1. The fourth-order valence-electron chi connectivity index (χ4n) is 3.40. The van der Waals surface area contributed by atoms with E-state index in [9.17, 15) is 6.17 Å². The van der Waals surface area contributed by atoms with Gasteiger partial charge in [0.15, 0.2) is 5.16 Å². The number of amides is 1. The van der Waals surface area contributed by atoms with Crippen molar-refractivity contribution in [3.63, 3.8) is 0 Å². The summed E-state index contributed by atoms with van der Waals surface area (Å²) in [6.07, 6.45) is 3.62. The zero-order chi connectivity index (χ0) is 23.5.